The first-order chi connectivity index (χ1) is 15.0. The van der Waals surface area contributed by atoms with Crippen LogP contribution in [0.3, 0.4) is 0 Å². The average Bonchev–Trinajstić information content (AvgIpc) is 3.03. The average molecular weight is 418 g/mol. The predicted octanol–water partition coefficient (Wildman–Crippen LogP) is 2.99. The Bertz CT molecular complexity index is 1310. The summed E-state index contributed by atoms with van der Waals surface area (Å²) in [5.74, 6) is -0.724. The van der Waals surface area contributed by atoms with Gasteiger partial charge in [0.2, 0.25) is 0 Å². The monoisotopic (exact) mass is 418 g/mol. The first-order valence-corrected chi connectivity index (χ1v) is 9.90. The number of unbranched alkanes of at least 4 members (excludes halogenated alkanes) is 1. The molecule has 0 spiro atoms. The summed E-state index contributed by atoms with van der Waals surface area (Å²) in [6.45, 7) is 2.57. The van der Waals surface area contributed by atoms with Crippen molar-refractivity contribution >= 4 is 40.1 Å². The number of aromatic hydroxyl groups is 2. The number of benzene rings is 2. The summed E-state index contributed by atoms with van der Waals surface area (Å²) in [5, 5.41) is 26.4. The fourth-order valence-corrected chi connectivity index (χ4v) is 3.20. The molecule has 158 valence electrons. The molecule has 0 bridgehead atoms. The second kappa shape index (κ2) is 8.31. The molecule has 4 rings (SSSR count). The van der Waals surface area contributed by atoms with Crippen molar-refractivity contribution in [2.24, 2.45) is 5.10 Å². The van der Waals surface area contributed by atoms with Crippen molar-refractivity contribution in [2.75, 3.05) is 12.3 Å². The quantitative estimate of drug-likeness (QED) is 0.216. The van der Waals surface area contributed by atoms with Crippen molar-refractivity contribution in [2.45, 2.75) is 19.8 Å². The molecule has 4 aromatic rings. The van der Waals surface area contributed by atoms with Crippen LogP contribution in [0.5, 0.6) is 11.5 Å². The molecule has 0 saturated heterocycles. The van der Waals surface area contributed by atoms with Crippen LogP contribution < -0.4 is 11.1 Å². The molecular formula is C22H22N6O3. The Labute approximate surface area is 177 Å². The van der Waals surface area contributed by atoms with E-state index in [1.807, 2.05) is 31.2 Å². The number of nitrogen functional groups attached to an aromatic ring is 1. The van der Waals surface area contributed by atoms with Crippen molar-refractivity contribution < 1.29 is 15.0 Å². The highest BCUT2D eigenvalue weighted by Crippen LogP contribution is 2.28. The molecule has 0 fully saturated rings. The summed E-state index contributed by atoms with van der Waals surface area (Å²) in [5.41, 5.74) is 9.05. The van der Waals surface area contributed by atoms with Gasteiger partial charge in [-0.1, -0.05) is 25.5 Å². The lowest BCUT2D eigenvalue weighted by Gasteiger charge is -2.04. The van der Waals surface area contributed by atoms with Crippen LogP contribution in [0.4, 0.5) is 5.82 Å². The van der Waals surface area contributed by atoms with Gasteiger partial charge in [0, 0.05) is 6.54 Å². The van der Waals surface area contributed by atoms with Crippen LogP contribution in [-0.4, -0.2) is 43.5 Å². The fourth-order valence-electron chi connectivity index (χ4n) is 3.20. The van der Waals surface area contributed by atoms with Crippen LogP contribution in [0.25, 0.3) is 22.2 Å². The van der Waals surface area contributed by atoms with Crippen molar-refractivity contribution in [3.8, 4) is 11.5 Å². The van der Waals surface area contributed by atoms with E-state index in [1.165, 1.54) is 23.0 Å². The number of anilines is 1. The standard InChI is InChI=1S/C22H22N6O3/c1-2-3-10-24-22(31)18-19-21(27-15-7-5-4-6-14(15)26-19)28(20(18)23)25-12-13-8-9-16(29)17(30)11-13/h4-9,11-12,29-30H,2-3,10,23H2,1H3,(H,24,31)/b25-12+. The SMILES string of the molecule is CCCCNC(=O)c1c(N)n(/N=C/c2ccc(O)c(O)c2)c2nc3ccccc3nc12. The normalized spacial score (nSPS) is 11.5. The van der Waals surface area contributed by atoms with E-state index < -0.39 is 0 Å². The number of hydrogen-bond acceptors (Lipinski definition) is 7. The van der Waals surface area contributed by atoms with Gasteiger partial charge < -0.3 is 21.3 Å². The minimum absolute atomic E-state index is 0.110. The van der Waals surface area contributed by atoms with E-state index in [0.717, 1.165) is 12.8 Å². The molecule has 31 heavy (non-hydrogen) atoms. The minimum atomic E-state index is -0.336. The first kappa shape index (κ1) is 20.1. The zero-order valence-corrected chi connectivity index (χ0v) is 16.9. The lowest BCUT2D eigenvalue weighted by molar-refractivity contribution is 0.0955. The number of hydrogen-bond donors (Lipinski definition) is 4. The molecule has 0 aliphatic heterocycles. The molecule has 2 aromatic heterocycles. The number of nitrogens with zero attached hydrogens (tertiary/aromatic N) is 4. The van der Waals surface area contributed by atoms with Gasteiger partial charge in [-0.15, -0.1) is 0 Å². The summed E-state index contributed by atoms with van der Waals surface area (Å²) in [4.78, 5) is 22.1. The summed E-state index contributed by atoms with van der Waals surface area (Å²) >= 11 is 0. The Morgan fingerprint density at radius 1 is 1.16 bits per heavy atom. The van der Waals surface area contributed by atoms with E-state index in [9.17, 15) is 15.0 Å². The summed E-state index contributed by atoms with van der Waals surface area (Å²) in [7, 11) is 0. The van der Waals surface area contributed by atoms with E-state index in [4.69, 9.17) is 5.73 Å². The molecular weight excluding hydrogens is 396 g/mol. The van der Waals surface area contributed by atoms with Gasteiger partial charge in [-0.25, -0.2) is 9.97 Å². The second-order valence-corrected chi connectivity index (χ2v) is 7.06. The number of carbonyl (C=O) groups is 1. The molecule has 5 N–H and O–H groups in total. The van der Waals surface area contributed by atoms with Gasteiger partial charge in [0.05, 0.1) is 17.2 Å². The number of phenolic OH excluding ortho intramolecular Hbond substituents is 2. The highest BCUT2D eigenvalue weighted by molar-refractivity contribution is 6.10. The number of phenols is 2. The molecule has 0 radical (unpaired) electrons. The molecule has 9 heteroatoms. The molecule has 0 aliphatic rings. The van der Waals surface area contributed by atoms with Crippen molar-refractivity contribution in [3.05, 3.63) is 53.6 Å². The minimum Gasteiger partial charge on any atom is -0.504 e. The van der Waals surface area contributed by atoms with Crippen LogP contribution in [0, 0.1) is 0 Å². The van der Waals surface area contributed by atoms with Gasteiger partial charge in [0.25, 0.3) is 5.91 Å². The van der Waals surface area contributed by atoms with Crippen LogP contribution in [-0.2, 0) is 0 Å². The molecule has 2 heterocycles. The van der Waals surface area contributed by atoms with Gasteiger partial charge in [0.1, 0.15) is 16.9 Å². The molecule has 9 nitrogen and oxygen atoms in total. The number of nitrogens with two attached hydrogens (primary N) is 1. The third-order valence-electron chi connectivity index (χ3n) is 4.84. The van der Waals surface area contributed by atoms with E-state index in [-0.39, 0.29) is 28.8 Å². The highest BCUT2D eigenvalue weighted by atomic mass is 16.3. The Hall–Kier alpha value is -4.14. The number of nitrogens with one attached hydrogen (secondary N) is 1. The zero-order valence-electron chi connectivity index (χ0n) is 16.9. The Kier molecular flexibility index (Phi) is 5.40. The molecule has 0 atom stereocenters. The van der Waals surface area contributed by atoms with Gasteiger partial charge in [0.15, 0.2) is 17.1 Å². The number of aromatic nitrogens is 3. The number of fused-ring (bicyclic) bond motifs is 2. The van der Waals surface area contributed by atoms with Crippen molar-refractivity contribution in [1.82, 2.24) is 20.0 Å². The topological polar surface area (TPSA) is 139 Å². The van der Waals surface area contributed by atoms with Crippen LogP contribution in [0.15, 0.2) is 47.6 Å². The lowest BCUT2D eigenvalue weighted by atomic mass is 10.2. The number of para-hydroxylation sites is 2. The summed E-state index contributed by atoms with van der Waals surface area (Å²) in [6.07, 6.45) is 3.25. The molecule has 1 amide bonds. The zero-order chi connectivity index (χ0) is 22.0. The molecule has 0 unspecified atom stereocenters. The van der Waals surface area contributed by atoms with E-state index in [2.05, 4.69) is 20.4 Å². The van der Waals surface area contributed by atoms with Gasteiger partial charge in [-0.3, -0.25) is 4.79 Å². The van der Waals surface area contributed by atoms with Crippen LogP contribution in [0.1, 0.15) is 35.7 Å². The third-order valence-corrected chi connectivity index (χ3v) is 4.84. The van der Waals surface area contributed by atoms with E-state index >= 15 is 0 Å². The largest absolute Gasteiger partial charge is 0.504 e. The number of rotatable bonds is 6. The maximum atomic E-state index is 12.9. The van der Waals surface area contributed by atoms with Gasteiger partial charge >= 0.3 is 0 Å². The second-order valence-electron chi connectivity index (χ2n) is 7.06. The predicted molar refractivity (Wildman–Crippen MR) is 119 cm³/mol. The number of carbonyl (C=O) groups excluding carboxylic acids is 1. The Morgan fingerprint density at radius 2 is 1.90 bits per heavy atom. The first-order valence-electron chi connectivity index (χ1n) is 9.90. The van der Waals surface area contributed by atoms with Gasteiger partial charge in [-0.2, -0.15) is 9.78 Å². The van der Waals surface area contributed by atoms with Crippen molar-refractivity contribution in [3.63, 3.8) is 0 Å². The third kappa shape index (κ3) is 3.85. The summed E-state index contributed by atoms with van der Waals surface area (Å²) < 4.78 is 1.35. The van der Waals surface area contributed by atoms with E-state index in [1.54, 1.807) is 6.07 Å². The van der Waals surface area contributed by atoms with Gasteiger partial charge in [-0.05, 0) is 42.3 Å². The maximum absolute atomic E-state index is 12.9. The summed E-state index contributed by atoms with van der Waals surface area (Å²) in [6, 6.07) is 11.6. The lowest BCUT2D eigenvalue weighted by Crippen LogP contribution is -2.25. The Balaban J connectivity index is 1.86. The number of amides is 1. The molecule has 2 aromatic carbocycles. The highest BCUT2D eigenvalue weighted by Gasteiger charge is 2.23. The van der Waals surface area contributed by atoms with Crippen LogP contribution in [0.2, 0.25) is 0 Å². The van der Waals surface area contributed by atoms with Crippen molar-refractivity contribution in [1.29, 1.82) is 0 Å². The van der Waals surface area contributed by atoms with E-state index in [0.29, 0.717) is 34.3 Å². The Morgan fingerprint density at radius 3 is 2.61 bits per heavy atom. The smallest absolute Gasteiger partial charge is 0.257 e. The molecule has 0 saturated carbocycles. The van der Waals surface area contributed by atoms with Crippen LogP contribution >= 0.6 is 0 Å². The molecule has 0 aliphatic carbocycles. The fraction of sp³-hybridized carbons (Fsp3) is 0.182. The maximum Gasteiger partial charge on any atom is 0.257 e.